The molecule has 1 fully saturated rings. The van der Waals surface area contributed by atoms with E-state index in [-0.39, 0.29) is 5.91 Å². The molecule has 1 amide bonds. The Morgan fingerprint density at radius 1 is 1.24 bits per heavy atom. The minimum atomic E-state index is 0.199. The van der Waals surface area contributed by atoms with Gasteiger partial charge in [0.1, 0.15) is 0 Å². The van der Waals surface area contributed by atoms with Gasteiger partial charge in [-0.25, -0.2) is 0 Å². The summed E-state index contributed by atoms with van der Waals surface area (Å²) in [6, 6.07) is 10.2. The number of carbonyl (C=O) groups is 1. The van der Waals surface area contributed by atoms with E-state index in [1.165, 1.54) is 11.8 Å². The molecule has 7 heteroatoms. The molecule has 0 bridgehead atoms. The second-order valence-corrected chi connectivity index (χ2v) is 8.22. The number of hydrogen-bond donors (Lipinski definition) is 0. The second kappa shape index (κ2) is 7.17. The van der Waals surface area contributed by atoms with Crippen molar-refractivity contribution in [2.75, 3.05) is 18.8 Å². The SMILES string of the molecule is CC1CCN(C(=O)CSc2nnc3scc(-c4ccccc4)n23)CC1. The molecule has 1 aliphatic heterocycles. The van der Waals surface area contributed by atoms with E-state index in [4.69, 9.17) is 0 Å². The highest BCUT2D eigenvalue weighted by Crippen LogP contribution is 2.30. The lowest BCUT2D eigenvalue weighted by Crippen LogP contribution is -2.38. The van der Waals surface area contributed by atoms with Crippen molar-refractivity contribution in [3.05, 3.63) is 35.7 Å². The largest absolute Gasteiger partial charge is 0.342 e. The summed E-state index contributed by atoms with van der Waals surface area (Å²) in [5.41, 5.74) is 2.21. The first-order chi connectivity index (χ1) is 12.2. The Morgan fingerprint density at radius 3 is 2.76 bits per heavy atom. The molecule has 0 N–H and O–H groups in total. The van der Waals surface area contributed by atoms with Crippen LogP contribution in [0.2, 0.25) is 0 Å². The van der Waals surface area contributed by atoms with Gasteiger partial charge < -0.3 is 4.90 Å². The van der Waals surface area contributed by atoms with E-state index >= 15 is 0 Å². The minimum absolute atomic E-state index is 0.199. The smallest absolute Gasteiger partial charge is 0.233 e. The Hall–Kier alpha value is -1.86. The van der Waals surface area contributed by atoms with E-state index in [2.05, 4.69) is 39.0 Å². The average Bonchev–Trinajstić information content (AvgIpc) is 3.23. The third-order valence-electron chi connectivity index (χ3n) is 4.65. The molecule has 1 saturated heterocycles. The van der Waals surface area contributed by atoms with Crippen molar-refractivity contribution in [3.63, 3.8) is 0 Å². The second-order valence-electron chi connectivity index (χ2n) is 6.44. The molecule has 130 valence electrons. The van der Waals surface area contributed by atoms with Gasteiger partial charge in [0.05, 0.1) is 11.4 Å². The van der Waals surface area contributed by atoms with Crippen molar-refractivity contribution in [2.45, 2.75) is 24.9 Å². The molecule has 0 unspecified atom stereocenters. The van der Waals surface area contributed by atoms with Crippen molar-refractivity contribution in [3.8, 4) is 11.3 Å². The average molecular weight is 373 g/mol. The van der Waals surface area contributed by atoms with E-state index in [9.17, 15) is 4.79 Å². The van der Waals surface area contributed by atoms with Crippen LogP contribution in [0.5, 0.6) is 0 Å². The van der Waals surface area contributed by atoms with Crippen molar-refractivity contribution < 1.29 is 4.79 Å². The zero-order chi connectivity index (χ0) is 17.2. The number of carbonyl (C=O) groups excluding carboxylic acids is 1. The number of benzene rings is 1. The molecule has 3 aromatic rings. The lowest BCUT2D eigenvalue weighted by Gasteiger charge is -2.30. The van der Waals surface area contributed by atoms with E-state index in [1.54, 1.807) is 11.3 Å². The van der Waals surface area contributed by atoms with Crippen LogP contribution in [0.15, 0.2) is 40.9 Å². The molecule has 0 spiro atoms. The predicted molar refractivity (Wildman–Crippen MR) is 102 cm³/mol. The minimum Gasteiger partial charge on any atom is -0.342 e. The summed E-state index contributed by atoms with van der Waals surface area (Å²) in [6.07, 6.45) is 2.21. The van der Waals surface area contributed by atoms with E-state index in [0.29, 0.717) is 5.75 Å². The number of hydrogen-bond acceptors (Lipinski definition) is 5. The van der Waals surface area contributed by atoms with Crippen molar-refractivity contribution in [2.24, 2.45) is 5.92 Å². The fourth-order valence-electron chi connectivity index (χ4n) is 3.08. The molecule has 4 rings (SSSR count). The molecule has 2 aromatic heterocycles. The van der Waals surface area contributed by atoms with Crippen LogP contribution in [0.3, 0.4) is 0 Å². The van der Waals surface area contributed by atoms with Gasteiger partial charge in [0, 0.05) is 18.5 Å². The van der Waals surface area contributed by atoms with Crippen molar-refractivity contribution >= 4 is 34.0 Å². The summed E-state index contributed by atoms with van der Waals surface area (Å²) in [7, 11) is 0. The summed E-state index contributed by atoms with van der Waals surface area (Å²) in [5, 5.41) is 11.4. The van der Waals surface area contributed by atoms with Gasteiger partial charge in [0.15, 0.2) is 5.16 Å². The summed E-state index contributed by atoms with van der Waals surface area (Å²) in [6.45, 7) is 4.01. The van der Waals surface area contributed by atoms with Crippen LogP contribution < -0.4 is 0 Å². The van der Waals surface area contributed by atoms with Gasteiger partial charge in [-0.1, -0.05) is 49.0 Å². The van der Waals surface area contributed by atoms with Gasteiger partial charge in [-0.15, -0.1) is 21.5 Å². The number of aromatic nitrogens is 3. The molecule has 1 aliphatic rings. The Kier molecular flexibility index (Phi) is 4.76. The third-order valence-corrected chi connectivity index (χ3v) is 6.38. The number of thiazole rings is 1. The van der Waals surface area contributed by atoms with Crippen LogP contribution in [-0.4, -0.2) is 44.2 Å². The summed E-state index contributed by atoms with van der Waals surface area (Å²) in [5.74, 6) is 1.34. The monoisotopic (exact) mass is 372 g/mol. The zero-order valence-corrected chi connectivity index (χ0v) is 15.7. The first-order valence-corrected chi connectivity index (χ1v) is 10.4. The van der Waals surface area contributed by atoms with Gasteiger partial charge in [-0.2, -0.15) is 0 Å². The lowest BCUT2D eigenvalue weighted by atomic mass is 9.99. The molecule has 0 radical (unpaired) electrons. The standard InChI is InChI=1S/C18H20N4OS2/c1-13-7-9-21(10-8-13)16(23)12-25-18-20-19-17-22(18)15(11-24-17)14-5-3-2-4-6-14/h2-6,11,13H,7-10,12H2,1H3. The molecule has 5 nitrogen and oxygen atoms in total. The maximum atomic E-state index is 12.5. The zero-order valence-electron chi connectivity index (χ0n) is 14.1. The van der Waals surface area contributed by atoms with Crippen LogP contribution >= 0.6 is 23.1 Å². The fraction of sp³-hybridized carbons (Fsp3) is 0.389. The first-order valence-electron chi connectivity index (χ1n) is 8.51. The molecule has 25 heavy (non-hydrogen) atoms. The Morgan fingerprint density at radius 2 is 2.00 bits per heavy atom. The van der Waals surface area contributed by atoms with Crippen molar-refractivity contribution in [1.82, 2.24) is 19.5 Å². The van der Waals surface area contributed by atoms with E-state index in [0.717, 1.165) is 53.2 Å². The summed E-state index contributed by atoms with van der Waals surface area (Å²) >= 11 is 3.05. The highest BCUT2D eigenvalue weighted by atomic mass is 32.2. The number of rotatable bonds is 4. The summed E-state index contributed by atoms with van der Waals surface area (Å²) < 4.78 is 2.05. The number of thioether (sulfide) groups is 1. The van der Waals surface area contributed by atoms with Gasteiger partial charge >= 0.3 is 0 Å². The number of fused-ring (bicyclic) bond motifs is 1. The summed E-state index contributed by atoms with van der Waals surface area (Å²) in [4.78, 5) is 15.3. The molecule has 0 atom stereocenters. The van der Waals surface area contributed by atoms with E-state index < -0.39 is 0 Å². The van der Waals surface area contributed by atoms with Crippen LogP contribution in [-0.2, 0) is 4.79 Å². The van der Waals surface area contributed by atoms with Gasteiger partial charge in [0.2, 0.25) is 10.9 Å². The number of amides is 1. The lowest BCUT2D eigenvalue weighted by molar-refractivity contribution is -0.129. The van der Waals surface area contributed by atoms with Gasteiger partial charge in [-0.05, 0) is 24.3 Å². The Labute approximate surface area is 155 Å². The van der Waals surface area contributed by atoms with Gasteiger partial charge in [-0.3, -0.25) is 9.20 Å². The first kappa shape index (κ1) is 16.6. The normalized spacial score (nSPS) is 15.8. The molecule has 3 heterocycles. The fourth-order valence-corrected chi connectivity index (χ4v) is 4.82. The highest BCUT2D eigenvalue weighted by molar-refractivity contribution is 7.99. The van der Waals surface area contributed by atoms with Gasteiger partial charge in [0.25, 0.3) is 0 Å². The van der Waals surface area contributed by atoms with Crippen LogP contribution in [0.25, 0.3) is 16.2 Å². The molecule has 1 aromatic carbocycles. The number of likely N-dealkylation sites (tertiary alicyclic amines) is 1. The molecular formula is C18H20N4OS2. The predicted octanol–water partition coefficient (Wildman–Crippen LogP) is 3.81. The number of nitrogens with zero attached hydrogens (tertiary/aromatic N) is 4. The van der Waals surface area contributed by atoms with E-state index in [1.807, 2.05) is 23.1 Å². The van der Waals surface area contributed by atoms with Crippen LogP contribution in [0, 0.1) is 5.92 Å². The Balaban J connectivity index is 1.50. The number of piperidine rings is 1. The van der Waals surface area contributed by atoms with Crippen LogP contribution in [0.4, 0.5) is 0 Å². The molecule has 0 saturated carbocycles. The highest BCUT2D eigenvalue weighted by Gasteiger charge is 2.21. The topological polar surface area (TPSA) is 50.5 Å². The maximum absolute atomic E-state index is 12.5. The maximum Gasteiger partial charge on any atom is 0.233 e. The molecule has 0 aliphatic carbocycles. The van der Waals surface area contributed by atoms with Crippen LogP contribution in [0.1, 0.15) is 19.8 Å². The van der Waals surface area contributed by atoms with Crippen molar-refractivity contribution in [1.29, 1.82) is 0 Å². The quantitative estimate of drug-likeness (QED) is 0.654. The Bertz CT molecular complexity index is 866. The molecular weight excluding hydrogens is 352 g/mol. The third kappa shape index (κ3) is 3.43.